The molecule has 4 heteroatoms. The van der Waals surface area contributed by atoms with Gasteiger partial charge in [0.25, 0.3) is 0 Å². The fourth-order valence-corrected chi connectivity index (χ4v) is 9.70. The van der Waals surface area contributed by atoms with Crippen LogP contribution in [0.15, 0.2) is 11.6 Å². The highest BCUT2D eigenvalue weighted by molar-refractivity contribution is 5.85. The summed E-state index contributed by atoms with van der Waals surface area (Å²) in [5.41, 5.74) is 1.01. The van der Waals surface area contributed by atoms with Crippen molar-refractivity contribution in [3.05, 3.63) is 11.6 Å². The lowest BCUT2D eigenvalue weighted by atomic mass is 9.41. The number of carbonyl (C=O) groups excluding carboxylic acids is 1. The Morgan fingerprint density at radius 1 is 1.08 bits per heavy atom. The van der Waals surface area contributed by atoms with Crippen LogP contribution in [0.25, 0.3) is 0 Å². The van der Waals surface area contributed by atoms with Gasteiger partial charge in [-0.1, -0.05) is 46.3 Å². The molecule has 8 atom stereocenters. The highest BCUT2D eigenvalue weighted by Gasteiger charge is 2.65. The summed E-state index contributed by atoms with van der Waals surface area (Å²) in [7, 11) is 0. The molecule has 4 aliphatic rings. The van der Waals surface area contributed by atoms with Crippen molar-refractivity contribution in [3.8, 4) is 0 Å². The standard InChI is InChI=1S/C32H54O4/c1-9-36-20-21(10-13-27(34)29(4,5)35)22-14-18-32(8)24-11-12-25-28(2,3)26(33)16-17-30(25,6)23(24)15-19-31(22,32)7/h11,21-23,25,27,34-35H,9-10,12-20H2,1-8H3/t21-,22+,23+,25+,27+,30-,31+,32-/m1/s1. The Morgan fingerprint density at radius 2 is 1.78 bits per heavy atom. The molecule has 3 saturated carbocycles. The van der Waals surface area contributed by atoms with Gasteiger partial charge in [0.05, 0.1) is 11.7 Å². The minimum atomic E-state index is -1.07. The maximum absolute atomic E-state index is 12.9. The summed E-state index contributed by atoms with van der Waals surface area (Å²) >= 11 is 0. The molecule has 0 aliphatic heterocycles. The van der Waals surface area contributed by atoms with E-state index in [1.165, 1.54) is 25.7 Å². The number of carbonyl (C=O) groups is 1. The zero-order valence-electron chi connectivity index (χ0n) is 24.5. The van der Waals surface area contributed by atoms with Crippen molar-refractivity contribution in [2.75, 3.05) is 13.2 Å². The van der Waals surface area contributed by atoms with E-state index >= 15 is 0 Å². The topological polar surface area (TPSA) is 66.8 Å². The van der Waals surface area contributed by atoms with Gasteiger partial charge >= 0.3 is 0 Å². The van der Waals surface area contributed by atoms with Crippen LogP contribution in [-0.2, 0) is 9.53 Å². The highest BCUT2D eigenvalue weighted by Crippen LogP contribution is 2.73. The molecule has 36 heavy (non-hydrogen) atoms. The molecule has 4 aliphatic carbocycles. The van der Waals surface area contributed by atoms with Gasteiger partial charge in [-0.05, 0) is 112 Å². The SMILES string of the molecule is CCOC[C@@H](CC[C@H](O)C(C)(C)O)[C@@H]1CC[C@]2(C)C3=CC[C@H]4C(C)(C)C(=O)CC[C@]4(C)[C@H]3CC[C@@]12C. The largest absolute Gasteiger partial charge is 0.390 e. The summed E-state index contributed by atoms with van der Waals surface area (Å²) in [5, 5.41) is 20.9. The Balaban J connectivity index is 1.62. The smallest absolute Gasteiger partial charge is 0.138 e. The number of aliphatic hydroxyl groups excluding tert-OH is 1. The van der Waals surface area contributed by atoms with Crippen molar-refractivity contribution in [3.63, 3.8) is 0 Å². The van der Waals surface area contributed by atoms with Crippen molar-refractivity contribution >= 4 is 5.78 Å². The van der Waals surface area contributed by atoms with Crippen LogP contribution in [0.2, 0.25) is 0 Å². The van der Waals surface area contributed by atoms with E-state index in [1.807, 2.05) is 0 Å². The summed E-state index contributed by atoms with van der Waals surface area (Å²) in [4.78, 5) is 12.9. The number of rotatable bonds is 8. The second kappa shape index (κ2) is 9.49. The van der Waals surface area contributed by atoms with Gasteiger partial charge in [0.15, 0.2) is 0 Å². The quantitative estimate of drug-likeness (QED) is 0.361. The fraction of sp³-hybridized carbons (Fsp3) is 0.906. The molecule has 0 radical (unpaired) electrons. The predicted octanol–water partition coefficient (Wildman–Crippen LogP) is 6.73. The van der Waals surface area contributed by atoms with Gasteiger partial charge in [-0.15, -0.1) is 0 Å². The third-order valence-corrected chi connectivity index (χ3v) is 12.4. The van der Waals surface area contributed by atoms with Crippen molar-refractivity contribution in [1.29, 1.82) is 0 Å². The molecule has 4 nitrogen and oxygen atoms in total. The minimum absolute atomic E-state index is 0.180. The van der Waals surface area contributed by atoms with Crippen LogP contribution < -0.4 is 0 Å². The van der Waals surface area contributed by atoms with E-state index in [1.54, 1.807) is 19.4 Å². The van der Waals surface area contributed by atoms with Crippen molar-refractivity contribution < 1.29 is 19.7 Å². The first kappa shape index (κ1) is 28.3. The highest BCUT2D eigenvalue weighted by atomic mass is 16.5. The molecule has 0 aromatic heterocycles. The lowest BCUT2D eigenvalue weighted by molar-refractivity contribution is -0.146. The number of ether oxygens (including phenoxy) is 1. The molecule has 2 N–H and O–H groups in total. The molecule has 0 amide bonds. The van der Waals surface area contributed by atoms with Gasteiger partial charge in [-0.2, -0.15) is 0 Å². The summed E-state index contributed by atoms with van der Waals surface area (Å²) in [6.45, 7) is 19.0. The molecule has 0 unspecified atom stereocenters. The monoisotopic (exact) mass is 502 g/mol. The van der Waals surface area contributed by atoms with Crippen LogP contribution >= 0.6 is 0 Å². The van der Waals surface area contributed by atoms with Crippen molar-refractivity contribution in [2.45, 2.75) is 125 Å². The minimum Gasteiger partial charge on any atom is -0.390 e. The molecule has 0 aromatic carbocycles. The molecule has 0 aromatic rings. The molecular weight excluding hydrogens is 448 g/mol. The van der Waals surface area contributed by atoms with Crippen LogP contribution in [0.1, 0.15) is 113 Å². The average molecular weight is 503 g/mol. The molecule has 4 rings (SSSR count). The van der Waals surface area contributed by atoms with E-state index in [-0.39, 0.29) is 21.7 Å². The van der Waals surface area contributed by atoms with Crippen LogP contribution in [0.5, 0.6) is 0 Å². The Hall–Kier alpha value is -0.710. The van der Waals surface area contributed by atoms with E-state index in [9.17, 15) is 15.0 Å². The van der Waals surface area contributed by atoms with E-state index in [2.05, 4.69) is 47.6 Å². The summed E-state index contributed by atoms with van der Waals surface area (Å²) in [6.07, 6.45) is 11.1. The Bertz CT molecular complexity index is 868. The lowest BCUT2D eigenvalue weighted by Gasteiger charge is -2.63. The van der Waals surface area contributed by atoms with Crippen molar-refractivity contribution in [1.82, 2.24) is 0 Å². The van der Waals surface area contributed by atoms with Crippen LogP contribution in [0.3, 0.4) is 0 Å². The van der Waals surface area contributed by atoms with E-state index in [0.29, 0.717) is 42.5 Å². The maximum atomic E-state index is 12.9. The van der Waals surface area contributed by atoms with Crippen molar-refractivity contribution in [2.24, 2.45) is 45.3 Å². The molecule has 3 fully saturated rings. The zero-order valence-corrected chi connectivity index (χ0v) is 24.5. The number of hydrogen-bond acceptors (Lipinski definition) is 4. The first-order valence-corrected chi connectivity index (χ1v) is 14.8. The normalized spacial score (nSPS) is 41.7. The second-order valence-electron chi connectivity index (χ2n) is 14.8. The maximum Gasteiger partial charge on any atom is 0.138 e. The fourth-order valence-electron chi connectivity index (χ4n) is 9.70. The van der Waals surface area contributed by atoms with Crippen LogP contribution in [-0.4, -0.2) is 40.9 Å². The molecule has 0 saturated heterocycles. The molecular formula is C32H54O4. The van der Waals surface area contributed by atoms with Gasteiger partial charge in [-0.3, -0.25) is 4.79 Å². The third-order valence-electron chi connectivity index (χ3n) is 12.4. The second-order valence-corrected chi connectivity index (χ2v) is 14.8. The average Bonchev–Trinajstić information content (AvgIpc) is 3.07. The summed E-state index contributed by atoms with van der Waals surface area (Å²) in [5.74, 6) is 2.44. The van der Waals surface area contributed by atoms with Crippen LogP contribution in [0, 0.1) is 45.3 Å². The van der Waals surface area contributed by atoms with E-state index in [0.717, 1.165) is 32.3 Å². The summed E-state index contributed by atoms with van der Waals surface area (Å²) < 4.78 is 6.02. The van der Waals surface area contributed by atoms with Gasteiger partial charge in [0.2, 0.25) is 0 Å². The first-order chi connectivity index (χ1) is 16.6. The van der Waals surface area contributed by atoms with E-state index in [4.69, 9.17) is 4.74 Å². The number of aliphatic hydroxyl groups is 2. The van der Waals surface area contributed by atoms with Crippen LogP contribution in [0.4, 0.5) is 0 Å². The lowest BCUT2D eigenvalue weighted by Crippen LogP contribution is -2.57. The molecule has 0 bridgehead atoms. The summed E-state index contributed by atoms with van der Waals surface area (Å²) in [6, 6.07) is 0. The third kappa shape index (κ3) is 4.26. The Morgan fingerprint density at radius 3 is 2.42 bits per heavy atom. The first-order valence-electron chi connectivity index (χ1n) is 14.8. The zero-order chi connectivity index (χ0) is 26.7. The predicted molar refractivity (Wildman–Crippen MR) is 146 cm³/mol. The molecule has 0 spiro atoms. The van der Waals surface area contributed by atoms with E-state index < -0.39 is 11.7 Å². The number of Topliss-reactive ketones (excluding diaryl/α,β-unsaturated/α-hetero) is 1. The number of fused-ring (bicyclic) bond motifs is 5. The number of ketones is 1. The van der Waals surface area contributed by atoms with Gasteiger partial charge in [-0.25, -0.2) is 0 Å². The number of hydrogen-bond donors (Lipinski definition) is 2. The Kier molecular flexibility index (Phi) is 7.46. The van der Waals surface area contributed by atoms with Gasteiger partial charge in [0, 0.05) is 25.0 Å². The number of allylic oxidation sites excluding steroid dienone is 2. The Labute approximate surface area is 220 Å². The molecule has 206 valence electrons. The van der Waals surface area contributed by atoms with Gasteiger partial charge in [0.1, 0.15) is 5.78 Å². The molecule has 0 heterocycles. The van der Waals surface area contributed by atoms with Gasteiger partial charge < -0.3 is 14.9 Å².